The molecule has 1 heterocycles. The fourth-order valence-electron chi connectivity index (χ4n) is 2.64. The molecule has 1 N–H and O–H groups in total. The van der Waals surface area contributed by atoms with Crippen LogP contribution < -0.4 is 0 Å². The van der Waals surface area contributed by atoms with Gasteiger partial charge in [-0.3, -0.25) is 4.98 Å². The minimum atomic E-state index is -0.575. The minimum absolute atomic E-state index is 0.546. The average molecular weight is 298 g/mol. The number of pyridine rings is 1. The van der Waals surface area contributed by atoms with Gasteiger partial charge in [0.15, 0.2) is 0 Å². The van der Waals surface area contributed by atoms with Crippen molar-refractivity contribution in [3.05, 3.63) is 76.4 Å². The Labute approximate surface area is 129 Å². The standard InChI is InChI=1S/C18H16ClNO/c1-12-14(6-4-7-16(12)19)18(21)11-13-9-10-20-17-8-3-2-5-15(13)17/h2-10,18,21H,11H2,1H3. The van der Waals surface area contributed by atoms with Crippen LogP contribution in [0.1, 0.15) is 22.8 Å². The Hall–Kier alpha value is -1.90. The summed E-state index contributed by atoms with van der Waals surface area (Å²) in [6, 6.07) is 15.6. The largest absolute Gasteiger partial charge is 0.388 e. The van der Waals surface area contributed by atoms with Crippen LogP contribution in [0, 0.1) is 6.92 Å². The highest BCUT2D eigenvalue weighted by molar-refractivity contribution is 6.31. The number of hydrogen-bond donors (Lipinski definition) is 1. The van der Waals surface area contributed by atoms with Crippen molar-refractivity contribution in [2.45, 2.75) is 19.4 Å². The van der Waals surface area contributed by atoms with Gasteiger partial charge < -0.3 is 5.11 Å². The molecule has 0 spiro atoms. The second-order valence-electron chi connectivity index (χ2n) is 5.16. The van der Waals surface area contributed by atoms with Gasteiger partial charge in [-0.2, -0.15) is 0 Å². The van der Waals surface area contributed by atoms with E-state index < -0.39 is 6.10 Å². The monoisotopic (exact) mass is 297 g/mol. The van der Waals surface area contributed by atoms with Gasteiger partial charge in [0.1, 0.15) is 0 Å². The first-order valence-electron chi connectivity index (χ1n) is 6.92. The van der Waals surface area contributed by atoms with Crippen molar-refractivity contribution in [1.82, 2.24) is 4.98 Å². The molecule has 2 aromatic carbocycles. The SMILES string of the molecule is Cc1c(Cl)cccc1C(O)Cc1ccnc2ccccc12. The molecule has 1 aromatic heterocycles. The topological polar surface area (TPSA) is 33.1 Å². The van der Waals surface area contributed by atoms with E-state index in [1.54, 1.807) is 6.20 Å². The molecule has 0 aliphatic rings. The van der Waals surface area contributed by atoms with Crippen LogP contribution >= 0.6 is 11.6 Å². The van der Waals surface area contributed by atoms with Gasteiger partial charge >= 0.3 is 0 Å². The van der Waals surface area contributed by atoms with Crippen LogP contribution in [0.5, 0.6) is 0 Å². The third-order valence-electron chi connectivity index (χ3n) is 3.82. The molecule has 0 aliphatic carbocycles. The van der Waals surface area contributed by atoms with Crippen LogP contribution in [0.15, 0.2) is 54.7 Å². The van der Waals surface area contributed by atoms with Gasteiger partial charge in [-0.15, -0.1) is 0 Å². The molecule has 0 saturated heterocycles. The zero-order chi connectivity index (χ0) is 14.8. The van der Waals surface area contributed by atoms with Crippen molar-refractivity contribution >= 4 is 22.5 Å². The molecule has 0 bridgehead atoms. The molecule has 0 saturated carbocycles. The molecule has 3 aromatic rings. The zero-order valence-electron chi connectivity index (χ0n) is 11.8. The molecule has 2 nitrogen and oxygen atoms in total. The van der Waals surface area contributed by atoms with Gasteiger partial charge in [0.05, 0.1) is 11.6 Å². The lowest BCUT2D eigenvalue weighted by Gasteiger charge is -2.15. The van der Waals surface area contributed by atoms with E-state index in [0.717, 1.165) is 27.6 Å². The molecular weight excluding hydrogens is 282 g/mol. The Morgan fingerprint density at radius 2 is 1.90 bits per heavy atom. The number of rotatable bonds is 3. The number of aromatic nitrogens is 1. The van der Waals surface area contributed by atoms with E-state index in [9.17, 15) is 5.11 Å². The van der Waals surface area contributed by atoms with Gasteiger partial charge in [-0.05, 0) is 41.8 Å². The Morgan fingerprint density at radius 1 is 1.10 bits per heavy atom. The highest BCUT2D eigenvalue weighted by Crippen LogP contribution is 2.28. The maximum absolute atomic E-state index is 10.6. The van der Waals surface area contributed by atoms with Crippen molar-refractivity contribution in [3.8, 4) is 0 Å². The smallest absolute Gasteiger partial charge is 0.0833 e. The van der Waals surface area contributed by atoms with E-state index >= 15 is 0 Å². The van der Waals surface area contributed by atoms with E-state index in [1.165, 1.54) is 0 Å². The first-order valence-corrected chi connectivity index (χ1v) is 7.30. The number of nitrogens with zero attached hydrogens (tertiary/aromatic N) is 1. The van der Waals surface area contributed by atoms with Gasteiger partial charge in [0, 0.05) is 23.0 Å². The lowest BCUT2D eigenvalue weighted by atomic mass is 9.96. The fourth-order valence-corrected chi connectivity index (χ4v) is 2.82. The lowest BCUT2D eigenvalue weighted by Crippen LogP contribution is -2.05. The van der Waals surface area contributed by atoms with Crippen molar-refractivity contribution in [3.63, 3.8) is 0 Å². The Kier molecular flexibility index (Phi) is 3.91. The van der Waals surface area contributed by atoms with Crippen LogP contribution in [0.4, 0.5) is 0 Å². The van der Waals surface area contributed by atoms with Crippen LogP contribution in [-0.4, -0.2) is 10.1 Å². The molecule has 0 aliphatic heterocycles. The molecule has 0 amide bonds. The number of para-hydroxylation sites is 1. The van der Waals surface area contributed by atoms with Crippen molar-refractivity contribution < 1.29 is 5.11 Å². The Morgan fingerprint density at radius 3 is 2.76 bits per heavy atom. The molecular formula is C18H16ClNO. The maximum Gasteiger partial charge on any atom is 0.0833 e. The third kappa shape index (κ3) is 2.78. The molecule has 0 radical (unpaired) electrons. The summed E-state index contributed by atoms with van der Waals surface area (Å²) in [5.74, 6) is 0. The maximum atomic E-state index is 10.6. The van der Waals surface area contributed by atoms with Crippen molar-refractivity contribution in [1.29, 1.82) is 0 Å². The van der Waals surface area contributed by atoms with Crippen LogP contribution in [0.2, 0.25) is 5.02 Å². The summed E-state index contributed by atoms with van der Waals surface area (Å²) >= 11 is 6.13. The summed E-state index contributed by atoms with van der Waals surface area (Å²) in [5.41, 5.74) is 3.85. The summed E-state index contributed by atoms with van der Waals surface area (Å²) in [6.07, 6.45) is 1.76. The van der Waals surface area contributed by atoms with E-state index in [-0.39, 0.29) is 0 Å². The van der Waals surface area contributed by atoms with E-state index in [2.05, 4.69) is 4.98 Å². The lowest BCUT2D eigenvalue weighted by molar-refractivity contribution is 0.178. The highest BCUT2D eigenvalue weighted by Gasteiger charge is 2.14. The van der Waals surface area contributed by atoms with Crippen molar-refractivity contribution in [2.24, 2.45) is 0 Å². The molecule has 1 unspecified atom stereocenters. The van der Waals surface area contributed by atoms with Gasteiger partial charge in [-0.1, -0.05) is 41.9 Å². The molecule has 3 rings (SSSR count). The number of halogens is 1. The Balaban J connectivity index is 1.97. The van der Waals surface area contributed by atoms with Crippen molar-refractivity contribution in [2.75, 3.05) is 0 Å². The van der Waals surface area contributed by atoms with Crippen LogP contribution in [0.3, 0.4) is 0 Å². The second-order valence-corrected chi connectivity index (χ2v) is 5.57. The summed E-state index contributed by atoms with van der Waals surface area (Å²) in [4.78, 5) is 4.35. The summed E-state index contributed by atoms with van der Waals surface area (Å²) in [7, 11) is 0. The third-order valence-corrected chi connectivity index (χ3v) is 4.23. The summed E-state index contributed by atoms with van der Waals surface area (Å²) < 4.78 is 0. The summed E-state index contributed by atoms with van der Waals surface area (Å²) in [5, 5.41) is 12.3. The number of hydrogen-bond acceptors (Lipinski definition) is 2. The molecule has 0 fully saturated rings. The van der Waals surface area contributed by atoms with E-state index in [4.69, 9.17) is 11.6 Å². The Bertz CT molecular complexity index is 780. The second kappa shape index (κ2) is 5.84. The number of benzene rings is 2. The zero-order valence-corrected chi connectivity index (χ0v) is 12.5. The highest BCUT2D eigenvalue weighted by atomic mass is 35.5. The fraction of sp³-hybridized carbons (Fsp3) is 0.167. The molecule has 106 valence electrons. The van der Waals surface area contributed by atoms with Crippen LogP contribution in [-0.2, 0) is 6.42 Å². The first kappa shape index (κ1) is 14.1. The first-order chi connectivity index (χ1) is 10.2. The molecule has 3 heteroatoms. The van der Waals surface area contributed by atoms with Gasteiger partial charge in [0.2, 0.25) is 0 Å². The van der Waals surface area contributed by atoms with Gasteiger partial charge in [0.25, 0.3) is 0 Å². The number of aliphatic hydroxyl groups is 1. The van der Waals surface area contributed by atoms with E-state index in [0.29, 0.717) is 11.4 Å². The normalized spacial score (nSPS) is 12.5. The average Bonchev–Trinajstić information content (AvgIpc) is 2.50. The molecule has 1 atom stereocenters. The predicted molar refractivity (Wildman–Crippen MR) is 86.6 cm³/mol. The number of fused-ring (bicyclic) bond motifs is 1. The predicted octanol–water partition coefficient (Wildman–Crippen LogP) is 4.47. The van der Waals surface area contributed by atoms with Crippen LogP contribution in [0.25, 0.3) is 10.9 Å². The molecule has 21 heavy (non-hydrogen) atoms. The minimum Gasteiger partial charge on any atom is -0.388 e. The summed E-state index contributed by atoms with van der Waals surface area (Å²) in [6.45, 7) is 1.94. The van der Waals surface area contributed by atoms with Gasteiger partial charge in [-0.25, -0.2) is 0 Å². The van der Waals surface area contributed by atoms with E-state index in [1.807, 2.05) is 55.5 Å². The quantitative estimate of drug-likeness (QED) is 0.773. The number of aliphatic hydroxyl groups excluding tert-OH is 1.